The summed E-state index contributed by atoms with van der Waals surface area (Å²) in [5.41, 5.74) is 0.123. The van der Waals surface area contributed by atoms with Crippen LogP contribution < -0.4 is 4.74 Å². The number of ether oxygens (including phenoxy) is 1. The zero-order valence-electron chi connectivity index (χ0n) is 8.39. The van der Waals surface area contributed by atoms with Crippen LogP contribution in [-0.2, 0) is 0 Å². The average Bonchev–Trinajstić information content (AvgIpc) is 2.34. The summed E-state index contributed by atoms with van der Waals surface area (Å²) < 4.78 is 30.6. The number of nitriles is 1. The Kier molecular flexibility index (Phi) is 2.92. The molecule has 2 rings (SSSR count). The molecule has 0 saturated heterocycles. The highest BCUT2D eigenvalue weighted by Gasteiger charge is 2.06. The van der Waals surface area contributed by atoms with Gasteiger partial charge in [-0.15, -0.1) is 0 Å². The minimum absolute atomic E-state index is 0.0546. The van der Waals surface area contributed by atoms with Gasteiger partial charge in [0.25, 0.3) is 0 Å². The van der Waals surface area contributed by atoms with Gasteiger partial charge in [-0.2, -0.15) is 10.2 Å². The predicted molar refractivity (Wildman–Crippen MR) is 53.2 cm³/mol. The molecule has 84 valence electrons. The van der Waals surface area contributed by atoms with E-state index >= 15 is 0 Å². The van der Waals surface area contributed by atoms with E-state index in [4.69, 9.17) is 10.00 Å². The number of hydrogen-bond donors (Lipinski definition) is 0. The topological polar surface area (TPSA) is 58.8 Å². The lowest BCUT2D eigenvalue weighted by Gasteiger charge is -2.03. The molecule has 1 aromatic heterocycles. The third-order valence-corrected chi connectivity index (χ3v) is 1.85. The van der Waals surface area contributed by atoms with Crippen molar-refractivity contribution >= 4 is 0 Å². The van der Waals surface area contributed by atoms with E-state index < -0.39 is 11.6 Å². The minimum atomic E-state index is -1.03. The molecule has 0 bridgehead atoms. The summed E-state index contributed by atoms with van der Waals surface area (Å²) in [6.45, 7) is 0. The van der Waals surface area contributed by atoms with Gasteiger partial charge in [-0.05, 0) is 18.2 Å². The maximum atomic E-state index is 12.9. The fourth-order valence-corrected chi connectivity index (χ4v) is 1.10. The van der Waals surface area contributed by atoms with Crippen molar-refractivity contribution in [3.8, 4) is 17.8 Å². The summed E-state index contributed by atoms with van der Waals surface area (Å²) in [6.07, 6.45) is 1.33. The lowest BCUT2D eigenvalue weighted by Crippen LogP contribution is -1.94. The van der Waals surface area contributed by atoms with Gasteiger partial charge in [0.15, 0.2) is 11.6 Å². The largest absolute Gasteiger partial charge is 0.424 e. The molecule has 0 amide bonds. The molecule has 4 nitrogen and oxygen atoms in total. The second-order valence-corrected chi connectivity index (χ2v) is 3.01. The maximum absolute atomic E-state index is 12.9. The van der Waals surface area contributed by atoms with Crippen LogP contribution in [-0.4, -0.2) is 9.97 Å². The van der Waals surface area contributed by atoms with E-state index in [1.54, 1.807) is 0 Å². The summed E-state index contributed by atoms with van der Waals surface area (Å²) >= 11 is 0. The fraction of sp³-hybridized carbons (Fsp3) is 0. The Bertz CT molecular complexity index is 596. The first kappa shape index (κ1) is 11.0. The Labute approximate surface area is 95.1 Å². The summed E-state index contributed by atoms with van der Waals surface area (Å²) in [6, 6.07) is 6.15. The van der Waals surface area contributed by atoms with Crippen LogP contribution in [0.3, 0.4) is 0 Å². The second kappa shape index (κ2) is 4.53. The molecule has 0 unspecified atom stereocenters. The average molecular weight is 233 g/mol. The first-order valence-corrected chi connectivity index (χ1v) is 4.55. The Morgan fingerprint density at radius 2 is 2.00 bits per heavy atom. The zero-order chi connectivity index (χ0) is 12.3. The normalized spacial score (nSPS) is 9.71. The van der Waals surface area contributed by atoms with Crippen LogP contribution in [0.15, 0.2) is 30.5 Å². The smallest absolute Gasteiger partial charge is 0.323 e. The Morgan fingerprint density at radius 1 is 1.18 bits per heavy atom. The van der Waals surface area contributed by atoms with Crippen LogP contribution in [0, 0.1) is 23.0 Å². The molecule has 0 aliphatic carbocycles. The first-order chi connectivity index (χ1) is 8.19. The molecule has 6 heteroatoms. The highest BCUT2D eigenvalue weighted by molar-refractivity contribution is 5.27. The molecule has 0 atom stereocenters. The van der Waals surface area contributed by atoms with Gasteiger partial charge in [0, 0.05) is 12.3 Å². The zero-order valence-corrected chi connectivity index (χ0v) is 8.39. The third kappa shape index (κ3) is 2.52. The van der Waals surface area contributed by atoms with E-state index in [1.807, 2.05) is 6.07 Å². The SMILES string of the molecule is N#Cc1ccnc(Oc2ccc(F)c(F)c2)n1. The molecule has 1 heterocycles. The number of hydrogen-bond acceptors (Lipinski definition) is 4. The number of rotatable bonds is 2. The van der Waals surface area contributed by atoms with Crippen LogP contribution in [0.1, 0.15) is 5.69 Å². The van der Waals surface area contributed by atoms with Gasteiger partial charge in [-0.25, -0.2) is 13.8 Å². The highest BCUT2D eigenvalue weighted by Crippen LogP contribution is 2.20. The molecule has 2 aromatic rings. The van der Waals surface area contributed by atoms with Gasteiger partial charge >= 0.3 is 6.01 Å². The lowest BCUT2D eigenvalue weighted by atomic mass is 10.3. The molecule has 17 heavy (non-hydrogen) atoms. The van der Waals surface area contributed by atoms with Gasteiger partial charge in [-0.1, -0.05) is 0 Å². The highest BCUT2D eigenvalue weighted by atomic mass is 19.2. The Hall–Kier alpha value is -2.55. The fourth-order valence-electron chi connectivity index (χ4n) is 1.10. The van der Waals surface area contributed by atoms with E-state index in [2.05, 4.69) is 9.97 Å². The van der Waals surface area contributed by atoms with Gasteiger partial charge in [-0.3, -0.25) is 0 Å². The quantitative estimate of drug-likeness (QED) is 0.799. The molecule has 0 aliphatic heterocycles. The van der Waals surface area contributed by atoms with E-state index in [-0.39, 0.29) is 17.5 Å². The van der Waals surface area contributed by atoms with Gasteiger partial charge in [0.05, 0.1) is 0 Å². The van der Waals surface area contributed by atoms with Crippen molar-refractivity contribution in [2.75, 3.05) is 0 Å². The van der Waals surface area contributed by atoms with Crippen molar-refractivity contribution in [3.63, 3.8) is 0 Å². The van der Waals surface area contributed by atoms with Gasteiger partial charge in [0.2, 0.25) is 0 Å². The second-order valence-electron chi connectivity index (χ2n) is 3.01. The van der Waals surface area contributed by atoms with E-state index in [1.165, 1.54) is 18.3 Å². The van der Waals surface area contributed by atoms with E-state index in [0.717, 1.165) is 12.1 Å². The standard InChI is InChI=1S/C11H5F2N3O/c12-9-2-1-8(5-10(9)13)17-11-15-4-3-7(6-14)16-11/h1-5H. The van der Waals surface area contributed by atoms with Crippen molar-refractivity contribution in [1.82, 2.24) is 9.97 Å². The molecular formula is C11H5F2N3O. The Morgan fingerprint density at radius 3 is 2.71 bits per heavy atom. The maximum Gasteiger partial charge on any atom is 0.323 e. The van der Waals surface area contributed by atoms with Crippen molar-refractivity contribution in [2.24, 2.45) is 0 Å². The molecular weight excluding hydrogens is 228 g/mol. The third-order valence-electron chi connectivity index (χ3n) is 1.85. The van der Waals surface area contributed by atoms with Crippen LogP contribution in [0.25, 0.3) is 0 Å². The van der Waals surface area contributed by atoms with Gasteiger partial charge < -0.3 is 4.74 Å². The van der Waals surface area contributed by atoms with E-state index in [9.17, 15) is 8.78 Å². The summed E-state index contributed by atoms with van der Waals surface area (Å²) in [5.74, 6) is -1.94. The summed E-state index contributed by atoms with van der Waals surface area (Å²) in [7, 11) is 0. The first-order valence-electron chi connectivity index (χ1n) is 4.55. The lowest BCUT2D eigenvalue weighted by molar-refractivity contribution is 0.430. The van der Waals surface area contributed by atoms with Crippen molar-refractivity contribution in [3.05, 3.63) is 47.8 Å². The molecule has 0 saturated carbocycles. The monoisotopic (exact) mass is 233 g/mol. The molecule has 1 aromatic carbocycles. The number of benzene rings is 1. The van der Waals surface area contributed by atoms with Crippen molar-refractivity contribution in [2.45, 2.75) is 0 Å². The predicted octanol–water partition coefficient (Wildman–Crippen LogP) is 2.42. The van der Waals surface area contributed by atoms with Crippen LogP contribution in [0.4, 0.5) is 8.78 Å². The summed E-state index contributed by atoms with van der Waals surface area (Å²) in [5, 5.41) is 8.60. The van der Waals surface area contributed by atoms with E-state index in [0.29, 0.717) is 0 Å². The van der Waals surface area contributed by atoms with Crippen LogP contribution in [0.2, 0.25) is 0 Å². The van der Waals surface area contributed by atoms with Crippen molar-refractivity contribution < 1.29 is 13.5 Å². The number of nitrogens with zero attached hydrogens (tertiary/aromatic N) is 3. The molecule has 0 fully saturated rings. The van der Waals surface area contributed by atoms with Crippen LogP contribution in [0.5, 0.6) is 11.8 Å². The molecule has 0 spiro atoms. The number of halogens is 2. The van der Waals surface area contributed by atoms with Crippen LogP contribution >= 0.6 is 0 Å². The van der Waals surface area contributed by atoms with Gasteiger partial charge in [0.1, 0.15) is 17.5 Å². The minimum Gasteiger partial charge on any atom is -0.424 e. The Balaban J connectivity index is 2.25. The molecule has 0 N–H and O–H groups in total. The summed E-state index contributed by atoms with van der Waals surface area (Å²) in [4.78, 5) is 7.46. The number of aromatic nitrogens is 2. The molecule has 0 aliphatic rings. The molecule has 0 radical (unpaired) electrons. The van der Waals surface area contributed by atoms with Crippen molar-refractivity contribution in [1.29, 1.82) is 5.26 Å².